The number of anilines is 1. The number of aryl methyl sites for hydroxylation is 1. The van der Waals surface area contributed by atoms with E-state index >= 15 is 0 Å². The Morgan fingerprint density at radius 3 is 2.96 bits per heavy atom. The van der Waals surface area contributed by atoms with E-state index < -0.39 is 0 Å². The highest BCUT2D eigenvalue weighted by Gasteiger charge is 2.21. The number of hydrogen-bond donors (Lipinski definition) is 2. The summed E-state index contributed by atoms with van der Waals surface area (Å²) >= 11 is 0. The number of amides is 1. The van der Waals surface area contributed by atoms with E-state index in [0.29, 0.717) is 6.42 Å². The van der Waals surface area contributed by atoms with Gasteiger partial charge in [0.05, 0.1) is 0 Å². The lowest BCUT2D eigenvalue weighted by Gasteiger charge is -2.16. The molecule has 4 rings (SSSR count). The number of aromatic nitrogens is 3. The van der Waals surface area contributed by atoms with Crippen LogP contribution in [0.1, 0.15) is 29.7 Å². The molecule has 3 aromatic rings. The zero-order valence-corrected chi connectivity index (χ0v) is 14.2. The first-order valence-corrected chi connectivity index (χ1v) is 8.60. The number of fused-ring (bicyclic) bond motifs is 1. The topological polar surface area (TPSA) is 73.9 Å². The molecule has 2 N–H and O–H groups in total. The van der Waals surface area contributed by atoms with Gasteiger partial charge >= 0.3 is 0 Å². The molecule has 1 aromatic carbocycles. The van der Waals surface area contributed by atoms with Crippen LogP contribution in [-0.4, -0.2) is 27.6 Å². The average molecular weight is 335 g/mol. The Balaban J connectivity index is 1.41. The van der Waals surface area contributed by atoms with E-state index in [0.717, 1.165) is 54.0 Å². The first-order chi connectivity index (χ1) is 12.2. The van der Waals surface area contributed by atoms with Crippen molar-refractivity contribution >= 4 is 22.6 Å². The summed E-state index contributed by atoms with van der Waals surface area (Å²) in [5.41, 5.74) is 5.09. The van der Waals surface area contributed by atoms with Gasteiger partial charge in [-0.3, -0.25) is 9.89 Å². The van der Waals surface area contributed by atoms with Crippen LogP contribution in [0.25, 0.3) is 11.0 Å². The third kappa shape index (κ3) is 3.25. The van der Waals surface area contributed by atoms with Crippen LogP contribution in [0.15, 0.2) is 36.5 Å². The predicted molar refractivity (Wildman–Crippen MR) is 97.2 cm³/mol. The molecule has 1 fully saturated rings. The molecule has 1 aliphatic heterocycles. The third-order valence-electron chi connectivity index (χ3n) is 4.61. The summed E-state index contributed by atoms with van der Waals surface area (Å²) in [4.78, 5) is 18.1. The summed E-state index contributed by atoms with van der Waals surface area (Å²) in [5.74, 6) is 0.222. The van der Waals surface area contributed by atoms with Crippen molar-refractivity contribution in [3.8, 4) is 0 Å². The second kappa shape index (κ2) is 6.64. The first-order valence-electron chi connectivity index (χ1n) is 8.60. The van der Waals surface area contributed by atoms with Gasteiger partial charge in [-0.25, -0.2) is 4.98 Å². The van der Waals surface area contributed by atoms with Gasteiger partial charge in [-0.15, -0.1) is 0 Å². The smallest absolute Gasteiger partial charge is 0.227 e. The molecular weight excluding hydrogens is 314 g/mol. The number of carbonyl (C=O) groups is 1. The number of nitrogens with zero attached hydrogens (tertiary/aromatic N) is 3. The highest BCUT2D eigenvalue weighted by atomic mass is 16.2. The summed E-state index contributed by atoms with van der Waals surface area (Å²) in [6.45, 7) is 4.31. The number of nitrogens with one attached hydrogen (secondary N) is 2. The fourth-order valence-corrected chi connectivity index (χ4v) is 3.27. The van der Waals surface area contributed by atoms with Gasteiger partial charge in [-0.2, -0.15) is 5.10 Å². The summed E-state index contributed by atoms with van der Waals surface area (Å²) in [6, 6.07) is 10.3. The van der Waals surface area contributed by atoms with Crippen molar-refractivity contribution in [2.24, 2.45) is 0 Å². The van der Waals surface area contributed by atoms with Gasteiger partial charge < -0.3 is 10.2 Å². The largest absolute Gasteiger partial charge is 0.312 e. The van der Waals surface area contributed by atoms with E-state index in [1.807, 2.05) is 30.2 Å². The maximum absolute atomic E-state index is 11.9. The highest BCUT2D eigenvalue weighted by Crippen LogP contribution is 2.22. The molecule has 3 heterocycles. The second-order valence-corrected chi connectivity index (χ2v) is 6.49. The molecule has 2 aromatic heterocycles. The fraction of sp³-hybridized carbons (Fsp3) is 0.316. The highest BCUT2D eigenvalue weighted by molar-refractivity contribution is 5.95. The minimum Gasteiger partial charge on any atom is -0.312 e. The van der Waals surface area contributed by atoms with Crippen molar-refractivity contribution in [1.82, 2.24) is 20.5 Å². The normalized spacial score (nSPS) is 14.6. The first kappa shape index (κ1) is 15.8. The Morgan fingerprint density at radius 1 is 1.24 bits per heavy atom. The summed E-state index contributed by atoms with van der Waals surface area (Å²) in [7, 11) is 0. The van der Waals surface area contributed by atoms with Gasteiger partial charge in [-0.05, 0) is 42.7 Å². The third-order valence-corrected chi connectivity index (χ3v) is 4.61. The second-order valence-electron chi connectivity index (χ2n) is 6.49. The maximum Gasteiger partial charge on any atom is 0.227 e. The van der Waals surface area contributed by atoms with Crippen LogP contribution in [-0.2, 0) is 17.9 Å². The minimum atomic E-state index is 0.222. The van der Waals surface area contributed by atoms with E-state index in [4.69, 9.17) is 0 Å². The number of carbonyl (C=O) groups excluding carboxylic acids is 1. The van der Waals surface area contributed by atoms with Crippen LogP contribution in [0.4, 0.5) is 5.69 Å². The van der Waals surface area contributed by atoms with Crippen molar-refractivity contribution < 1.29 is 4.79 Å². The quantitative estimate of drug-likeness (QED) is 0.752. The molecule has 0 unspecified atom stereocenters. The SMILES string of the molecule is Cc1[nH]nc2ncc(CNCc3cccc(N4CCCC4=O)c3)cc12. The Bertz CT molecular complexity index is 917. The standard InChI is InChI=1S/C19H21N5O/c1-13-17-9-15(12-21-19(17)23-22-13)11-20-10-14-4-2-5-16(8-14)24-7-3-6-18(24)25/h2,4-5,8-9,12,20H,3,6-7,10-11H2,1H3,(H,21,22,23). The molecule has 1 saturated heterocycles. The van der Waals surface area contributed by atoms with E-state index in [-0.39, 0.29) is 5.91 Å². The van der Waals surface area contributed by atoms with E-state index in [2.05, 4.69) is 38.7 Å². The molecule has 0 atom stereocenters. The van der Waals surface area contributed by atoms with Crippen LogP contribution < -0.4 is 10.2 Å². The molecule has 128 valence electrons. The molecule has 25 heavy (non-hydrogen) atoms. The zero-order chi connectivity index (χ0) is 17.2. The van der Waals surface area contributed by atoms with Gasteiger partial charge in [-0.1, -0.05) is 12.1 Å². The fourth-order valence-electron chi connectivity index (χ4n) is 3.27. The molecule has 0 aliphatic carbocycles. The van der Waals surface area contributed by atoms with E-state index in [1.54, 1.807) is 0 Å². The molecule has 6 heteroatoms. The van der Waals surface area contributed by atoms with Gasteiger partial charge in [0.1, 0.15) is 0 Å². The summed E-state index contributed by atoms with van der Waals surface area (Å²) in [6.07, 6.45) is 3.46. The molecular formula is C19H21N5O. The number of pyridine rings is 1. The Morgan fingerprint density at radius 2 is 2.12 bits per heavy atom. The van der Waals surface area contributed by atoms with Gasteiger partial charge in [0, 0.05) is 49.0 Å². The monoisotopic (exact) mass is 335 g/mol. The van der Waals surface area contributed by atoms with Crippen LogP contribution >= 0.6 is 0 Å². The number of benzene rings is 1. The lowest BCUT2D eigenvalue weighted by Crippen LogP contribution is -2.23. The summed E-state index contributed by atoms with van der Waals surface area (Å²) < 4.78 is 0. The molecule has 1 amide bonds. The van der Waals surface area contributed by atoms with Gasteiger partial charge in [0.15, 0.2) is 5.65 Å². The number of aromatic amines is 1. The number of hydrogen-bond acceptors (Lipinski definition) is 4. The molecule has 0 spiro atoms. The zero-order valence-electron chi connectivity index (χ0n) is 14.2. The lowest BCUT2D eigenvalue weighted by atomic mass is 10.1. The molecule has 0 radical (unpaired) electrons. The molecule has 6 nitrogen and oxygen atoms in total. The van der Waals surface area contributed by atoms with Crippen molar-refractivity contribution in [2.75, 3.05) is 11.4 Å². The van der Waals surface area contributed by atoms with Crippen LogP contribution in [0, 0.1) is 6.92 Å². The van der Waals surface area contributed by atoms with Crippen molar-refractivity contribution in [2.45, 2.75) is 32.9 Å². The molecule has 0 bridgehead atoms. The van der Waals surface area contributed by atoms with E-state index in [1.165, 1.54) is 5.56 Å². The maximum atomic E-state index is 11.9. The molecule has 0 saturated carbocycles. The lowest BCUT2D eigenvalue weighted by molar-refractivity contribution is -0.117. The Labute approximate surface area is 146 Å². The van der Waals surface area contributed by atoms with Crippen molar-refractivity contribution in [3.63, 3.8) is 0 Å². The molecule has 1 aliphatic rings. The Kier molecular flexibility index (Phi) is 4.19. The van der Waals surface area contributed by atoms with Gasteiger partial charge in [0.2, 0.25) is 5.91 Å². The van der Waals surface area contributed by atoms with Crippen LogP contribution in [0.5, 0.6) is 0 Å². The number of rotatable bonds is 5. The number of H-pyrrole nitrogens is 1. The van der Waals surface area contributed by atoms with Crippen LogP contribution in [0.2, 0.25) is 0 Å². The predicted octanol–water partition coefficient (Wildman–Crippen LogP) is 2.68. The van der Waals surface area contributed by atoms with Crippen LogP contribution in [0.3, 0.4) is 0 Å². The average Bonchev–Trinajstić information content (AvgIpc) is 3.21. The Hall–Kier alpha value is -2.73. The summed E-state index contributed by atoms with van der Waals surface area (Å²) in [5, 5.41) is 11.6. The van der Waals surface area contributed by atoms with Crippen molar-refractivity contribution in [1.29, 1.82) is 0 Å². The van der Waals surface area contributed by atoms with E-state index in [9.17, 15) is 4.79 Å². The minimum absolute atomic E-state index is 0.222. The van der Waals surface area contributed by atoms with Gasteiger partial charge in [0.25, 0.3) is 0 Å². The van der Waals surface area contributed by atoms with Crippen molar-refractivity contribution in [3.05, 3.63) is 53.3 Å².